The first kappa shape index (κ1) is 17.6. The first-order valence-corrected chi connectivity index (χ1v) is 9.18. The van der Waals surface area contributed by atoms with Crippen molar-refractivity contribution in [1.29, 1.82) is 0 Å². The molecule has 3 aromatic rings. The summed E-state index contributed by atoms with van der Waals surface area (Å²) in [4.78, 5) is 15.8. The molecule has 128 valence electrons. The Morgan fingerprint density at radius 3 is 2.80 bits per heavy atom. The van der Waals surface area contributed by atoms with Gasteiger partial charge in [-0.15, -0.1) is 10.2 Å². The predicted octanol–water partition coefficient (Wildman–Crippen LogP) is 4.20. The molecule has 10 heteroatoms. The van der Waals surface area contributed by atoms with Gasteiger partial charge in [0.15, 0.2) is 9.49 Å². The molecule has 0 saturated heterocycles. The Morgan fingerprint density at radius 1 is 1.20 bits per heavy atom. The van der Waals surface area contributed by atoms with Crippen molar-refractivity contribution in [3.05, 3.63) is 53.6 Å². The first-order valence-electron chi connectivity index (χ1n) is 7.00. The molecule has 2 heterocycles. The second kappa shape index (κ2) is 8.24. The molecule has 2 aromatic heterocycles. The van der Waals surface area contributed by atoms with E-state index in [-0.39, 0.29) is 22.6 Å². The number of thioether (sulfide) groups is 1. The summed E-state index contributed by atoms with van der Waals surface area (Å²) in [6, 6.07) is 9.63. The molecular weight excluding hydrogens is 385 g/mol. The lowest BCUT2D eigenvalue weighted by atomic mass is 10.3. The number of amides is 1. The zero-order valence-corrected chi connectivity index (χ0v) is 15.0. The fourth-order valence-corrected chi connectivity index (χ4v) is 3.52. The number of anilines is 3. The highest BCUT2D eigenvalue weighted by Gasteiger charge is 2.11. The van der Waals surface area contributed by atoms with Crippen molar-refractivity contribution in [2.75, 3.05) is 16.4 Å². The van der Waals surface area contributed by atoms with Crippen molar-refractivity contribution in [3.63, 3.8) is 0 Å². The van der Waals surface area contributed by atoms with Gasteiger partial charge < -0.3 is 10.6 Å². The molecule has 0 radical (unpaired) electrons. The van der Waals surface area contributed by atoms with E-state index in [4.69, 9.17) is 11.6 Å². The minimum absolute atomic E-state index is 0.138. The van der Waals surface area contributed by atoms with Gasteiger partial charge in [0.2, 0.25) is 11.0 Å². The lowest BCUT2D eigenvalue weighted by Crippen LogP contribution is -2.14. The third-order valence-corrected chi connectivity index (χ3v) is 5.16. The van der Waals surface area contributed by atoms with Gasteiger partial charge in [-0.2, -0.15) is 0 Å². The van der Waals surface area contributed by atoms with Crippen LogP contribution in [0.15, 0.2) is 46.9 Å². The topological polar surface area (TPSA) is 79.8 Å². The van der Waals surface area contributed by atoms with E-state index in [0.717, 1.165) is 0 Å². The van der Waals surface area contributed by atoms with Gasteiger partial charge in [0.1, 0.15) is 5.82 Å². The second-order valence-electron chi connectivity index (χ2n) is 4.66. The van der Waals surface area contributed by atoms with Crippen LogP contribution in [0.3, 0.4) is 0 Å². The zero-order chi connectivity index (χ0) is 17.6. The fraction of sp³-hybridized carbons (Fsp3) is 0.0667. The third-order valence-electron chi connectivity index (χ3n) is 2.88. The molecule has 0 fully saturated rings. The van der Waals surface area contributed by atoms with E-state index < -0.39 is 0 Å². The standard InChI is InChI=1S/C15H11ClFN5OS2/c16-13-11(6-3-7-18-13)19-12(23)8-24-15-22-21-14(25-15)20-10-5-2-1-4-9(10)17/h1-7H,8H2,(H,19,23)(H,20,21). The molecule has 1 amide bonds. The van der Waals surface area contributed by atoms with Gasteiger partial charge in [0.05, 0.1) is 17.1 Å². The van der Waals surface area contributed by atoms with Crippen LogP contribution in [-0.4, -0.2) is 26.8 Å². The summed E-state index contributed by atoms with van der Waals surface area (Å²) in [5.41, 5.74) is 0.771. The zero-order valence-electron chi connectivity index (χ0n) is 12.6. The summed E-state index contributed by atoms with van der Waals surface area (Å²) in [5.74, 6) is -0.474. The molecule has 3 rings (SSSR count). The SMILES string of the molecule is O=C(CSc1nnc(Nc2ccccc2F)s1)Nc1cccnc1Cl. The molecule has 0 aliphatic rings. The Morgan fingerprint density at radius 2 is 2.00 bits per heavy atom. The fourth-order valence-electron chi connectivity index (χ4n) is 1.79. The van der Waals surface area contributed by atoms with Gasteiger partial charge >= 0.3 is 0 Å². The first-order chi connectivity index (χ1) is 12.1. The molecule has 0 atom stereocenters. The number of aromatic nitrogens is 3. The van der Waals surface area contributed by atoms with Crippen molar-refractivity contribution in [3.8, 4) is 0 Å². The Bertz CT molecular complexity index is 892. The largest absolute Gasteiger partial charge is 0.328 e. The van der Waals surface area contributed by atoms with Crippen LogP contribution in [0, 0.1) is 5.82 Å². The lowest BCUT2D eigenvalue weighted by Gasteiger charge is -2.04. The smallest absolute Gasteiger partial charge is 0.234 e. The number of nitrogens with one attached hydrogen (secondary N) is 2. The summed E-state index contributed by atoms with van der Waals surface area (Å²) < 4.78 is 14.2. The maximum atomic E-state index is 13.6. The van der Waals surface area contributed by atoms with Crippen molar-refractivity contribution in [2.24, 2.45) is 0 Å². The molecule has 0 aliphatic heterocycles. The van der Waals surface area contributed by atoms with E-state index in [1.165, 1.54) is 35.4 Å². The van der Waals surface area contributed by atoms with E-state index in [1.807, 2.05) is 0 Å². The van der Waals surface area contributed by atoms with Gasteiger partial charge in [0.25, 0.3) is 0 Å². The molecule has 0 saturated carbocycles. The number of hydrogen-bond donors (Lipinski definition) is 2. The van der Waals surface area contributed by atoms with E-state index in [9.17, 15) is 9.18 Å². The number of para-hydroxylation sites is 1. The third kappa shape index (κ3) is 4.88. The molecule has 0 spiro atoms. The van der Waals surface area contributed by atoms with Crippen LogP contribution in [-0.2, 0) is 4.79 Å². The number of halogens is 2. The molecule has 0 bridgehead atoms. The highest BCUT2D eigenvalue weighted by Crippen LogP contribution is 2.28. The summed E-state index contributed by atoms with van der Waals surface area (Å²) in [6.45, 7) is 0. The molecule has 0 unspecified atom stereocenters. The number of pyridine rings is 1. The van der Waals surface area contributed by atoms with Crippen LogP contribution in [0.5, 0.6) is 0 Å². The Balaban J connectivity index is 1.54. The second-order valence-corrected chi connectivity index (χ2v) is 7.21. The summed E-state index contributed by atoms with van der Waals surface area (Å²) in [5, 5.41) is 14.1. The Hall–Kier alpha value is -2.23. The van der Waals surface area contributed by atoms with Crippen LogP contribution < -0.4 is 10.6 Å². The van der Waals surface area contributed by atoms with E-state index >= 15 is 0 Å². The van der Waals surface area contributed by atoms with Crippen LogP contribution in [0.1, 0.15) is 0 Å². The maximum Gasteiger partial charge on any atom is 0.234 e. The molecule has 2 N–H and O–H groups in total. The van der Waals surface area contributed by atoms with E-state index in [2.05, 4.69) is 25.8 Å². The van der Waals surface area contributed by atoms with Gasteiger partial charge in [-0.05, 0) is 24.3 Å². The van der Waals surface area contributed by atoms with Crippen molar-refractivity contribution in [1.82, 2.24) is 15.2 Å². The van der Waals surface area contributed by atoms with Gasteiger partial charge in [0, 0.05) is 6.20 Å². The quantitative estimate of drug-likeness (QED) is 0.481. The summed E-state index contributed by atoms with van der Waals surface area (Å²) in [6.07, 6.45) is 1.54. The number of benzene rings is 1. The molecule has 1 aromatic carbocycles. The summed E-state index contributed by atoms with van der Waals surface area (Å²) in [7, 11) is 0. The lowest BCUT2D eigenvalue weighted by molar-refractivity contribution is -0.113. The van der Waals surface area contributed by atoms with Crippen molar-refractivity contribution >= 4 is 57.1 Å². The van der Waals surface area contributed by atoms with Crippen molar-refractivity contribution < 1.29 is 9.18 Å². The number of carbonyl (C=O) groups excluding carboxylic acids is 1. The molecule has 0 aliphatic carbocycles. The Kier molecular flexibility index (Phi) is 5.79. The average Bonchev–Trinajstić information content (AvgIpc) is 3.05. The van der Waals surface area contributed by atoms with E-state index in [0.29, 0.717) is 20.8 Å². The van der Waals surface area contributed by atoms with Gasteiger partial charge in [-0.1, -0.05) is 46.8 Å². The van der Waals surface area contributed by atoms with Crippen LogP contribution in [0.25, 0.3) is 0 Å². The number of hydrogen-bond acceptors (Lipinski definition) is 7. The van der Waals surface area contributed by atoms with Crippen LogP contribution in [0.4, 0.5) is 20.9 Å². The average molecular weight is 396 g/mol. The normalized spacial score (nSPS) is 10.5. The summed E-state index contributed by atoms with van der Waals surface area (Å²) >= 11 is 8.34. The van der Waals surface area contributed by atoms with Crippen LogP contribution >= 0.6 is 34.7 Å². The maximum absolute atomic E-state index is 13.6. The van der Waals surface area contributed by atoms with Gasteiger partial charge in [-0.25, -0.2) is 9.37 Å². The van der Waals surface area contributed by atoms with Crippen molar-refractivity contribution in [2.45, 2.75) is 4.34 Å². The minimum atomic E-state index is -0.375. The van der Waals surface area contributed by atoms with E-state index in [1.54, 1.807) is 30.3 Å². The molecular formula is C15H11ClFN5OS2. The highest BCUT2D eigenvalue weighted by atomic mass is 35.5. The number of rotatable bonds is 6. The van der Waals surface area contributed by atoms with Crippen LogP contribution in [0.2, 0.25) is 5.15 Å². The molecule has 25 heavy (non-hydrogen) atoms. The monoisotopic (exact) mass is 395 g/mol. The minimum Gasteiger partial charge on any atom is -0.328 e. The highest BCUT2D eigenvalue weighted by molar-refractivity contribution is 8.01. The van der Waals surface area contributed by atoms with Gasteiger partial charge in [-0.3, -0.25) is 4.79 Å². The molecule has 6 nitrogen and oxygen atoms in total. The Labute approximate surface area is 155 Å². The number of nitrogens with zero attached hydrogens (tertiary/aromatic N) is 3. The predicted molar refractivity (Wildman–Crippen MR) is 98.2 cm³/mol. The number of carbonyl (C=O) groups is 1.